The maximum Gasteiger partial charge on any atom is 0.210 e. The molecule has 0 spiro atoms. The van der Waals surface area contributed by atoms with Crippen LogP contribution in [0, 0.1) is 0 Å². The summed E-state index contributed by atoms with van der Waals surface area (Å²) in [6, 6.07) is 0. The van der Waals surface area contributed by atoms with Gasteiger partial charge >= 0.3 is 0 Å². The molecule has 1 rings (SSSR count). The molecule has 56 valence electrons. The lowest BCUT2D eigenvalue weighted by molar-refractivity contribution is 0.349. The van der Waals surface area contributed by atoms with E-state index in [9.17, 15) is 0 Å². The van der Waals surface area contributed by atoms with Crippen LogP contribution in [0.3, 0.4) is 0 Å². The highest BCUT2D eigenvalue weighted by Gasteiger charge is 2.02. The maximum absolute atomic E-state index is 5.55. The number of nitrogens with two attached hydrogens (primary N) is 1. The number of hydrogen-bond donors (Lipinski definition) is 1. The number of aliphatic imine (C=N–C) groups is 1. The smallest absolute Gasteiger partial charge is 0.210 e. The van der Waals surface area contributed by atoms with Gasteiger partial charge in [0.25, 0.3) is 0 Å². The van der Waals surface area contributed by atoms with Crippen LogP contribution in [0.5, 0.6) is 0 Å². The van der Waals surface area contributed by atoms with Gasteiger partial charge in [-0.15, -0.1) is 0 Å². The van der Waals surface area contributed by atoms with E-state index in [1.165, 1.54) is 0 Å². The van der Waals surface area contributed by atoms with Gasteiger partial charge in [0.15, 0.2) is 0 Å². The third-order valence-electron chi connectivity index (χ3n) is 1.33. The Hall–Kier alpha value is -0.990. The molecule has 0 amide bonds. The topological polar surface area (TPSA) is 47.6 Å². The average molecular weight is 140 g/mol. The zero-order chi connectivity index (χ0) is 7.40. The van der Waals surface area contributed by atoms with Crippen LogP contribution in [-0.2, 0) is 4.74 Å². The van der Waals surface area contributed by atoms with Gasteiger partial charge in [-0.2, -0.15) is 0 Å². The Morgan fingerprint density at radius 2 is 2.70 bits per heavy atom. The first kappa shape index (κ1) is 7.12. The van der Waals surface area contributed by atoms with Gasteiger partial charge in [0.2, 0.25) is 5.90 Å². The Bertz CT molecular complexity index is 172. The van der Waals surface area contributed by atoms with E-state index in [0.29, 0.717) is 12.5 Å². The fourth-order valence-electron chi connectivity index (χ4n) is 0.700. The molecule has 1 heterocycles. The van der Waals surface area contributed by atoms with Crippen LogP contribution in [0.25, 0.3) is 0 Å². The minimum Gasteiger partial charge on any atom is -0.476 e. The Kier molecular flexibility index (Phi) is 2.31. The quantitative estimate of drug-likeness (QED) is 0.612. The molecule has 0 aromatic rings. The summed E-state index contributed by atoms with van der Waals surface area (Å²) in [5, 5.41) is 0. The molecule has 0 bridgehead atoms. The largest absolute Gasteiger partial charge is 0.476 e. The first-order chi connectivity index (χ1) is 4.83. The third-order valence-corrected chi connectivity index (χ3v) is 1.33. The van der Waals surface area contributed by atoms with Crippen LogP contribution in [0.15, 0.2) is 16.8 Å². The number of nitrogens with zero attached hydrogens (tertiary/aromatic N) is 1. The molecule has 10 heavy (non-hydrogen) atoms. The summed E-state index contributed by atoms with van der Waals surface area (Å²) in [5.74, 6) is 0.680. The lowest BCUT2D eigenvalue weighted by atomic mass is 10.3. The van der Waals surface area contributed by atoms with Gasteiger partial charge in [0.1, 0.15) is 6.61 Å². The minimum absolute atomic E-state index is 0.680. The van der Waals surface area contributed by atoms with Crippen molar-refractivity contribution in [2.24, 2.45) is 10.7 Å². The molecule has 0 aliphatic carbocycles. The van der Waals surface area contributed by atoms with Gasteiger partial charge in [-0.1, -0.05) is 6.92 Å². The molecule has 1 aliphatic rings. The highest BCUT2D eigenvalue weighted by atomic mass is 16.5. The summed E-state index contributed by atoms with van der Waals surface area (Å²) in [5.41, 5.74) is 6.37. The van der Waals surface area contributed by atoms with E-state index in [1.807, 2.05) is 6.92 Å². The average Bonchev–Trinajstić information content (AvgIpc) is 2.40. The van der Waals surface area contributed by atoms with E-state index in [1.54, 1.807) is 6.08 Å². The van der Waals surface area contributed by atoms with Crippen molar-refractivity contribution in [3.05, 3.63) is 11.8 Å². The Morgan fingerprint density at radius 1 is 1.90 bits per heavy atom. The molecule has 0 radical (unpaired) electrons. The predicted octanol–water partition coefficient (Wildman–Crippen LogP) is 0.668. The third kappa shape index (κ3) is 1.76. The minimum atomic E-state index is 0.680. The van der Waals surface area contributed by atoms with Crippen molar-refractivity contribution in [1.82, 2.24) is 0 Å². The molecule has 0 aromatic carbocycles. The van der Waals surface area contributed by atoms with Crippen molar-refractivity contribution in [1.29, 1.82) is 0 Å². The highest BCUT2D eigenvalue weighted by Crippen LogP contribution is 1.98. The number of hydrogen-bond acceptors (Lipinski definition) is 3. The lowest BCUT2D eigenvalue weighted by Crippen LogP contribution is -2.01. The van der Waals surface area contributed by atoms with Gasteiger partial charge < -0.3 is 10.5 Å². The molecule has 3 heteroatoms. The van der Waals surface area contributed by atoms with Crippen LogP contribution in [-0.4, -0.2) is 19.0 Å². The van der Waals surface area contributed by atoms with E-state index in [0.717, 1.165) is 18.7 Å². The van der Waals surface area contributed by atoms with E-state index < -0.39 is 0 Å². The second kappa shape index (κ2) is 3.25. The zero-order valence-corrected chi connectivity index (χ0v) is 6.13. The van der Waals surface area contributed by atoms with E-state index in [4.69, 9.17) is 10.5 Å². The standard InChI is InChI=1S/C7H12N2O/c1-2-6(8)5-7-9-3-4-10-7/h5H,2-4,8H2,1H3. The van der Waals surface area contributed by atoms with Crippen molar-refractivity contribution in [3.63, 3.8) is 0 Å². The molecule has 0 unspecified atom stereocenters. The molecule has 0 aromatic heterocycles. The second-order valence-electron chi connectivity index (χ2n) is 2.14. The summed E-state index contributed by atoms with van der Waals surface area (Å²) in [4.78, 5) is 4.06. The number of ether oxygens (including phenoxy) is 1. The highest BCUT2D eigenvalue weighted by molar-refractivity contribution is 5.89. The molecule has 1 aliphatic heterocycles. The number of allylic oxidation sites excluding steroid dienone is 1. The molecule has 2 N–H and O–H groups in total. The summed E-state index contributed by atoms with van der Waals surface area (Å²) in [6.07, 6.45) is 2.63. The summed E-state index contributed by atoms with van der Waals surface area (Å²) in [7, 11) is 0. The van der Waals surface area contributed by atoms with E-state index in [-0.39, 0.29) is 0 Å². The van der Waals surface area contributed by atoms with Crippen LogP contribution < -0.4 is 5.73 Å². The van der Waals surface area contributed by atoms with Gasteiger partial charge in [-0.3, -0.25) is 0 Å². The first-order valence-electron chi connectivity index (χ1n) is 3.46. The van der Waals surface area contributed by atoms with Crippen LogP contribution >= 0.6 is 0 Å². The normalized spacial score (nSPS) is 18.5. The Morgan fingerprint density at radius 3 is 3.20 bits per heavy atom. The Labute approximate surface area is 60.6 Å². The molecule has 3 nitrogen and oxygen atoms in total. The van der Waals surface area contributed by atoms with Crippen molar-refractivity contribution in [3.8, 4) is 0 Å². The van der Waals surface area contributed by atoms with Gasteiger partial charge in [-0.25, -0.2) is 4.99 Å². The summed E-state index contributed by atoms with van der Waals surface area (Å²) >= 11 is 0. The Balaban J connectivity index is 2.50. The van der Waals surface area contributed by atoms with Crippen LogP contribution in [0.2, 0.25) is 0 Å². The van der Waals surface area contributed by atoms with E-state index >= 15 is 0 Å². The molecular formula is C7H12N2O. The zero-order valence-electron chi connectivity index (χ0n) is 6.13. The van der Waals surface area contributed by atoms with Crippen LogP contribution in [0.1, 0.15) is 13.3 Å². The van der Waals surface area contributed by atoms with E-state index in [2.05, 4.69) is 4.99 Å². The van der Waals surface area contributed by atoms with Gasteiger partial charge in [0.05, 0.1) is 6.54 Å². The first-order valence-corrected chi connectivity index (χ1v) is 3.46. The monoisotopic (exact) mass is 140 g/mol. The predicted molar refractivity (Wildman–Crippen MR) is 40.8 cm³/mol. The fraction of sp³-hybridized carbons (Fsp3) is 0.571. The van der Waals surface area contributed by atoms with Gasteiger partial charge in [0, 0.05) is 11.8 Å². The molecular weight excluding hydrogens is 128 g/mol. The summed E-state index contributed by atoms with van der Waals surface area (Å²) < 4.78 is 5.12. The fourth-order valence-corrected chi connectivity index (χ4v) is 0.700. The summed E-state index contributed by atoms with van der Waals surface area (Å²) in [6.45, 7) is 3.47. The molecule has 0 atom stereocenters. The van der Waals surface area contributed by atoms with Crippen molar-refractivity contribution in [2.45, 2.75) is 13.3 Å². The number of rotatable bonds is 2. The second-order valence-corrected chi connectivity index (χ2v) is 2.14. The van der Waals surface area contributed by atoms with Crippen LogP contribution in [0.4, 0.5) is 0 Å². The SMILES string of the molecule is CCC(N)=CC1=NCCO1. The lowest BCUT2D eigenvalue weighted by Gasteiger charge is -1.95. The maximum atomic E-state index is 5.55. The molecule has 0 saturated carbocycles. The molecule has 0 saturated heterocycles. The molecule has 0 fully saturated rings. The van der Waals surface area contributed by atoms with Crippen molar-refractivity contribution >= 4 is 5.90 Å². The van der Waals surface area contributed by atoms with Crippen molar-refractivity contribution in [2.75, 3.05) is 13.2 Å². The van der Waals surface area contributed by atoms with Gasteiger partial charge in [-0.05, 0) is 6.42 Å². The van der Waals surface area contributed by atoms with Crippen molar-refractivity contribution < 1.29 is 4.74 Å².